The number of hydrogen-bond acceptors (Lipinski definition) is 2. The first kappa shape index (κ1) is 19.5. The van der Waals surface area contributed by atoms with Crippen molar-refractivity contribution in [3.8, 4) is 0 Å². The van der Waals surface area contributed by atoms with Gasteiger partial charge in [-0.05, 0) is 52.4 Å². The van der Waals surface area contributed by atoms with E-state index in [1.807, 2.05) is 37.3 Å². The molecule has 3 nitrogen and oxygen atoms in total. The van der Waals surface area contributed by atoms with Gasteiger partial charge in [-0.2, -0.15) is 11.3 Å². The first-order valence-electron chi connectivity index (χ1n) is 10.1. The normalized spacial score (nSPS) is 13.3. The number of aryl methyl sites for hydroxylation is 1. The van der Waals surface area contributed by atoms with Crippen LogP contribution in [0.5, 0.6) is 0 Å². The van der Waals surface area contributed by atoms with E-state index < -0.39 is 0 Å². The van der Waals surface area contributed by atoms with E-state index in [1.54, 1.807) is 11.3 Å². The zero-order valence-electron chi connectivity index (χ0n) is 16.8. The summed E-state index contributed by atoms with van der Waals surface area (Å²) < 4.78 is 0. The molecule has 0 bridgehead atoms. The van der Waals surface area contributed by atoms with Crippen molar-refractivity contribution in [1.82, 2.24) is 10.3 Å². The van der Waals surface area contributed by atoms with E-state index in [0.717, 1.165) is 12.0 Å². The highest BCUT2D eigenvalue weighted by Crippen LogP contribution is 2.35. The predicted molar refractivity (Wildman–Crippen MR) is 121 cm³/mol. The lowest BCUT2D eigenvalue weighted by Crippen LogP contribution is -2.28. The maximum Gasteiger partial charge on any atom is 0.221 e. The van der Waals surface area contributed by atoms with Gasteiger partial charge in [0, 0.05) is 29.4 Å². The molecule has 2 atom stereocenters. The zero-order valence-corrected chi connectivity index (χ0v) is 17.6. The first-order valence-corrected chi connectivity index (χ1v) is 11.1. The van der Waals surface area contributed by atoms with Crippen molar-refractivity contribution in [2.75, 3.05) is 0 Å². The summed E-state index contributed by atoms with van der Waals surface area (Å²) in [5, 5.41) is 8.62. The number of fused-ring (bicyclic) bond motifs is 1. The van der Waals surface area contributed by atoms with Crippen LogP contribution in [0.3, 0.4) is 0 Å². The van der Waals surface area contributed by atoms with Crippen molar-refractivity contribution >= 4 is 28.1 Å². The van der Waals surface area contributed by atoms with Crippen molar-refractivity contribution in [3.05, 3.63) is 93.8 Å². The van der Waals surface area contributed by atoms with Crippen LogP contribution in [0.15, 0.2) is 71.6 Å². The highest BCUT2D eigenvalue weighted by atomic mass is 32.1. The molecule has 4 heteroatoms. The summed E-state index contributed by atoms with van der Waals surface area (Å²) in [6, 6.07) is 18.6. The molecule has 4 aromatic rings. The van der Waals surface area contributed by atoms with Crippen LogP contribution in [-0.4, -0.2) is 10.9 Å². The van der Waals surface area contributed by atoms with Crippen molar-refractivity contribution in [2.24, 2.45) is 0 Å². The Balaban J connectivity index is 1.62. The number of carbonyl (C=O) groups is 1. The zero-order chi connectivity index (χ0) is 20.2. The third-order valence-corrected chi connectivity index (χ3v) is 6.30. The second kappa shape index (κ2) is 8.66. The molecule has 1 amide bonds. The molecule has 29 heavy (non-hydrogen) atoms. The number of thiophene rings is 1. The van der Waals surface area contributed by atoms with Gasteiger partial charge in [-0.3, -0.25) is 4.79 Å². The van der Waals surface area contributed by atoms with Gasteiger partial charge in [0.2, 0.25) is 5.91 Å². The predicted octanol–water partition coefficient (Wildman–Crippen LogP) is 6.19. The smallest absolute Gasteiger partial charge is 0.221 e. The third-order valence-electron chi connectivity index (χ3n) is 5.60. The Morgan fingerprint density at radius 1 is 1.07 bits per heavy atom. The van der Waals surface area contributed by atoms with Crippen LogP contribution in [0.2, 0.25) is 0 Å². The summed E-state index contributed by atoms with van der Waals surface area (Å²) in [6.45, 7) is 4.20. The maximum atomic E-state index is 13.0. The molecule has 0 aliphatic carbocycles. The molecule has 148 valence electrons. The Morgan fingerprint density at radius 2 is 1.90 bits per heavy atom. The fraction of sp³-hybridized carbons (Fsp3) is 0.240. The molecular formula is C25H26N2OS. The third kappa shape index (κ3) is 4.13. The molecule has 2 heterocycles. The number of para-hydroxylation sites is 1. The molecule has 2 aromatic carbocycles. The number of H-pyrrole nitrogens is 1. The van der Waals surface area contributed by atoms with E-state index in [2.05, 4.69) is 58.4 Å². The van der Waals surface area contributed by atoms with Gasteiger partial charge in [0.25, 0.3) is 0 Å². The van der Waals surface area contributed by atoms with Crippen molar-refractivity contribution in [3.63, 3.8) is 0 Å². The van der Waals surface area contributed by atoms with Crippen LogP contribution in [-0.2, 0) is 11.2 Å². The summed E-state index contributed by atoms with van der Waals surface area (Å²) in [6.07, 6.45) is 3.49. The Hall–Kier alpha value is -2.85. The Bertz CT molecular complexity index is 1080. The monoisotopic (exact) mass is 402 g/mol. The highest BCUT2D eigenvalue weighted by Gasteiger charge is 2.23. The molecule has 0 aliphatic heterocycles. The van der Waals surface area contributed by atoms with Crippen LogP contribution in [0.25, 0.3) is 10.9 Å². The van der Waals surface area contributed by atoms with E-state index in [9.17, 15) is 4.79 Å². The molecule has 0 radical (unpaired) electrons. The van der Waals surface area contributed by atoms with E-state index >= 15 is 0 Å². The van der Waals surface area contributed by atoms with E-state index in [1.165, 1.54) is 27.6 Å². The SMILES string of the molecule is CCc1cccc2c(C(CC(=O)NC(C)c3ccccc3)c3ccsc3)c[nH]c12. The largest absolute Gasteiger partial charge is 0.361 e. The summed E-state index contributed by atoms with van der Waals surface area (Å²) >= 11 is 1.67. The van der Waals surface area contributed by atoms with Gasteiger partial charge in [0.1, 0.15) is 0 Å². The molecule has 0 saturated heterocycles. The lowest BCUT2D eigenvalue weighted by Gasteiger charge is -2.19. The Morgan fingerprint density at radius 3 is 2.62 bits per heavy atom. The summed E-state index contributed by atoms with van der Waals surface area (Å²) in [7, 11) is 0. The summed E-state index contributed by atoms with van der Waals surface area (Å²) in [4.78, 5) is 16.4. The standard InChI is InChI=1S/C25H26N2OS/c1-3-18-10-7-11-21-23(15-26-25(18)21)22(20-12-13-29-16-20)14-24(28)27-17(2)19-8-5-4-6-9-19/h4-13,15-17,22,26H,3,14H2,1-2H3,(H,27,28). The van der Waals surface area contributed by atoms with Crippen LogP contribution in [0.4, 0.5) is 0 Å². The quantitative estimate of drug-likeness (QED) is 0.380. The van der Waals surface area contributed by atoms with Gasteiger partial charge in [-0.15, -0.1) is 0 Å². The number of hydrogen-bond donors (Lipinski definition) is 2. The van der Waals surface area contributed by atoms with E-state index in [0.29, 0.717) is 6.42 Å². The van der Waals surface area contributed by atoms with Crippen LogP contribution in [0, 0.1) is 0 Å². The number of nitrogens with one attached hydrogen (secondary N) is 2. The van der Waals surface area contributed by atoms with Crippen LogP contribution >= 0.6 is 11.3 Å². The molecular weight excluding hydrogens is 376 g/mol. The number of aromatic nitrogens is 1. The molecule has 2 unspecified atom stereocenters. The van der Waals surface area contributed by atoms with Crippen molar-refractivity contribution in [1.29, 1.82) is 0 Å². The maximum absolute atomic E-state index is 13.0. The lowest BCUT2D eigenvalue weighted by molar-refractivity contribution is -0.121. The van der Waals surface area contributed by atoms with Gasteiger partial charge in [-0.1, -0.05) is 55.5 Å². The van der Waals surface area contributed by atoms with Gasteiger partial charge < -0.3 is 10.3 Å². The van der Waals surface area contributed by atoms with Gasteiger partial charge in [-0.25, -0.2) is 0 Å². The van der Waals surface area contributed by atoms with E-state index in [4.69, 9.17) is 0 Å². The van der Waals surface area contributed by atoms with Crippen molar-refractivity contribution in [2.45, 2.75) is 38.6 Å². The van der Waals surface area contributed by atoms with Crippen LogP contribution in [0.1, 0.15) is 54.5 Å². The average molecular weight is 403 g/mol. The molecule has 2 N–H and O–H groups in total. The Kier molecular flexibility index (Phi) is 5.81. The molecule has 0 aliphatic rings. The summed E-state index contributed by atoms with van der Waals surface area (Å²) in [5.41, 5.74) is 5.99. The van der Waals surface area contributed by atoms with E-state index in [-0.39, 0.29) is 17.9 Å². The number of amides is 1. The minimum Gasteiger partial charge on any atom is -0.361 e. The van der Waals surface area contributed by atoms with Gasteiger partial charge >= 0.3 is 0 Å². The van der Waals surface area contributed by atoms with Gasteiger partial charge in [0.05, 0.1) is 6.04 Å². The number of benzene rings is 2. The number of aromatic amines is 1. The number of carbonyl (C=O) groups excluding carboxylic acids is 1. The second-order valence-electron chi connectivity index (χ2n) is 7.45. The Labute approximate surface area is 175 Å². The van der Waals surface area contributed by atoms with Gasteiger partial charge in [0.15, 0.2) is 0 Å². The molecule has 2 aromatic heterocycles. The number of rotatable bonds is 7. The molecule has 0 fully saturated rings. The highest BCUT2D eigenvalue weighted by molar-refractivity contribution is 7.08. The fourth-order valence-corrected chi connectivity index (χ4v) is 4.73. The average Bonchev–Trinajstić information content (AvgIpc) is 3.42. The lowest BCUT2D eigenvalue weighted by atomic mass is 9.89. The topological polar surface area (TPSA) is 44.9 Å². The molecule has 0 saturated carbocycles. The minimum atomic E-state index is -0.0125. The summed E-state index contributed by atoms with van der Waals surface area (Å²) in [5.74, 6) is 0.101. The van der Waals surface area contributed by atoms with Crippen LogP contribution < -0.4 is 5.32 Å². The van der Waals surface area contributed by atoms with Crippen molar-refractivity contribution < 1.29 is 4.79 Å². The minimum absolute atomic E-state index is 0.0125. The first-order chi connectivity index (χ1) is 14.2. The second-order valence-corrected chi connectivity index (χ2v) is 8.23. The fourth-order valence-electron chi connectivity index (χ4n) is 4.01. The molecule has 4 rings (SSSR count). The molecule has 0 spiro atoms.